The molecule has 4 heteroatoms. The highest BCUT2D eigenvalue weighted by Gasteiger charge is 2.34. The van der Waals surface area contributed by atoms with Gasteiger partial charge in [-0.3, -0.25) is 9.78 Å². The first-order chi connectivity index (χ1) is 11.1. The molecule has 1 fully saturated rings. The molecule has 1 aromatic carbocycles. The number of hydrogen-bond donors (Lipinski definition) is 0. The van der Waals surface area contributed by atoms with Gasteiger partial charge in [-0.1, -0.05) is 43.7 Å². The Balaban J connectivity index is 1.99. The Morgan fingerprint density at radius 2 is 2.00 bits per heavy atom. The van der Waals surface area contributed by atoms with E-state index in [-0.39, 0.29) is 11.3 Å². The minimum Gasteiger partial charge on any atom is -0.326 e. The first kappa shape index (κ1) is 16.1. The quantitative estimate of drug-likeness (QED) is 0.840. The fourth-order valence-electron chi connectivity index (χ4n) is 2.90. The molecule has 1 aliphatic heterocycles. The molecule has 3 rings (SSSR count). The number of rotatable bonds is 4. The van der Waals surface area contributed by atoms with E-state index in [2.05, 4.69) is 56.1 Å². The number of benzene rings is 1. The smallest absolute Gasteiger partial charge is 0.233 e. The van der Waals surface area contributed by atoms with E-state index in [0.29, 0.717) is 11.7 Å². The zero-order valence-electron chi connectivity index (χ0n) is 13.8. The van der Waals surface area contributed by atoms with Crippen molar-refractivity contribution in [2.24, 2.45) is 5.92 Å². The fourth-order valence-corrected chi connectivity index (χ4v) is 4.13. The van der Waals surface area contributed by atoms with Gasteiger partial charge >= 0.3 is 0 Å². The fraction of sp³-hybridized carbons (Fsp3) is 0.368. The minimum absolute atomic E-state index is 0.0872. The van der Waals surface area contributed by atoms with Crippen LogP contribution in [-0.2, 0) is 4.79 Å². The third kappa shape index (κ3) is 3.42. The molecule has 1 amide bonds. The number of carbonyl (C=O) groups excluding carboxylic acids is 1. The molecule has 0 spiro atoms. The van der Waals surface area contributed by atoms with Gasteiger partial charge in [-0.15, -0.1) is 11.8 Å². The molecule has 2 aromatic rings. The van der Waals surface area contributed by atoms with Crippen molar-refractivity contribution in [3.63, 3.8) is 0 Å². The molecule has 1 unspecified atom stereocenters. The SMILES string of the molecule is Cc1ccc(-c2cnccc2C2SCC(=O)N2CC(C)C)cc1. The lowest BCUT2D eigenvalue weighted by Gasteiger charge is -2.27. The van der Waals surface area contributed by atoms with Gasteiger partial charge in [0.05, 0.1) is 5.75 Å². The van der Waals surface area contributed by atoms with Crippen LogP contribution in [0.2, 0.25) is 0 Å². The van der Waals surface area contributed by atoms with Crippen molar-refractivity contribution in [2.45, 2.75) is 26.1 Å². The molecule has 0 N–H and O–H groups in total. The van der Waals surface area contributed by atoms with E-state index in [1.54, 1.807) is 11.8 Å². The first-order valence-corrected chi connectivity index (χ1v) is 9.03. The highest BCUT2D eigenvalue weighted by molar-refractivity contribution is 8.00. The van der Waals surface area contributed by atoms with Crippen LogP contribution in [0.4, 0.5) is 0 Å². The third-order valence-electron chi connectivity index (χ3n) is 4.01. The molecular formula is C19H22N2OS. The normalized spacial score (nSPS) is 18.0. The van der Waals surface area contributed by atoms with Crippen LogP contribution in [0, 0.1) is 12.8 Å². The van der Waals surface area contributed by atoms with Crippen LogP contribution in [0.25, 0.3) is 11.1 Å². The lowest BCUT2D eigenvalue weighted by molar-refractivity contribution is -0.128. The topological polar surface area (TPSA) is 33.2 Å². The molecule has 0 saturated carbocycles. The zero-order valence-corrected chi connectivity index (χ0v) is 14.6. The van der Waals surface area contributed by atoms with Crippen molar-refractivity contribution in [1.82, 2.24) is 9.88 Å². The number of hydrogen-bond acceptors (Lipinski definition) is 3. The number of aryl methyl sites for hydroxylation is 1. The van der Waals surface area contributed by atoms with E-state index >= 15 is 0 Å². The molecule has 1 aromatic heterocycles. The molecule has 0 bridgehead atoms. The van der Waals surface area contributed by atoms with Gasteiger partial charge in [-0.2, -0.15) is 0 Å². The number of amides is 1. The number of thioether (sulfide) groups is 1. The van der Waals surface area contributed by atoms with Crippen molar-refractivity contribution in [3.8, 4) is 11.1 Å². The predicted molar refractivity (Wildman–Crippen MR) is 96.2 cm³/mol. The molecular weight excluding hydrogens is 304 g/mol. The van der Waals surface area contributed by atoms with Crippen LogP contribution in [0.15, 0.2) is 42.7 Å². The highest BCUT2D eigenvalue weighted by Crippen LogP contribution is 2.42. The van der Waals surface area contributed by atoms with Gasteiger partial charge in [0.15, 0.2) is 0 Å². The second-order valence-electron chi connectivity index (χ2n) is 6.43. The Morgan fingerprint density at radius 3 is 2.70 bits per heavy atom. The summed E-state index contributed by atoms with van der Waals surface area (Å²) in [7, 11) is 0. The van der Waals surface area contributed by atoms with E-state index < -0.39 is 0 Å². The predicted octanol–water partition coefficient (Wildman–Crippen LogP) is 4.29. The number of aromatic nitrogens is 1. The van der Waals surface area contributed by atoms with Crippen molar-refractivity contribution >= 4 is 17.7 Å². The molecule has 1 aliphatic rings. The van der Waals surface area contributed by atoms with Crippen LogP contribution in [0.3, 0.4) is 0 Å². The van der Waals surface area contributed by atoms with E-state index in [1.807, 2.05) is 17.3 Å². The summed E-state index contributed by atoms with van der Waals surface area (Å²) in [6.45, 7) is 7.19. The van der Waals surface area contributed by atoms with Gasteiger partial charge in [0.2, 0.25) is 5.91 Å². The Hall–Kier alpha value is -1.81. The van der Waals surface area contributed by atoms with Crippen LogP contribution in [0.5, 0.6) is 0 Å². The summed E-state index contributed by atoms with van der Waals surface area (Å²) in [5.41, 5.74) is 4.70. The largest absolute Gasteiger partial charge is 0.326 e. The van der Waals surface area contributed by atoms with Gasteiger partial charge in [-0.05, 0) is 30.0 Å². The lowest BCUT2D eigenvalue weighted by atomic mass is 10.00. The number of pyridine rings is 1. The second kappa shape index (κ2) is 6.75. The zero-order chi connectivity index (χ0) is 16.4. The molecule has 23 heavy (non-hydrogen) atoms. The summed E-state index contributed by atoms with van der Waals surface area (Å²) in [4.78, 5) is 18.6. The Labute approximate surface area is 142 Å². The maximum absolute atomic E-state index is 12.3. The Kier molecular flexibility index (Phi) is 4.71. The number of nitrogens with zero attached hydrogens (tertiary/aromatic N) is 2. The molecule has 0 radical (unpaired) electrons. The molecule has 1 saturated heterocycles. The van der Waals surface area contributed by atoms with Crippen LogP contribution >= 0.6 is 11.8 Å². The summed E-state index contributed by atoms with van der Waals surface area (Å²) in [5.74, 6) is 1.26. The van der Waals surface area contributed by atoms with E-state index in [4.69, 9.17) is 0 Å². The molecule has 0 aliphatic carbocycles. The maximum Gasteiger partial charge on any atom is 0.233 e. The van der Waals surface area contributed by atoms with Gasteiger partial charge in [0.25, 0.3) is 0 Å². The van der Waals surface area contributed by atoms with Crippen LogP contribution in [0.1, 0.15) is 30.3 Å². The van der Waals surface area contributed by atoms with Gasteiger partial charge in [-0.25, -0.2) is 0 Å². The van der Waals surface area contributed by atoms with Gasteiger partial charge < -0.3 is 4.90 Å². The van der Waals surface area contributed by atoms with Crippen molar-refractivity contribution in [2.75, 3.05) is 12.3 Å². The summed E-state index contributed by atoms with van der Waals surface area (Å²) in [5, 5.41) is 0.0872. The number of carbonyl (C=O) groups is 1. The standard InChI is InChI=1S/C19H22N2OS/c1-13(2)11-21-18(22)12-23-19(21)16-8-9-20-10-17(16)15-6-4-14(3)5-7-15/h4-10,13,19H,11-12H2,1-3H3. The molecule has 2 heterocycles. The summed E-state index contributed by atoms with van der Waals surface area (Å²) < 4.78 is 0. The van der Waals surface area contributed by atoms with Crippen molar-refractivity contribution in [1.29, 1.82) is 0 Å². The molecule has 3 nitrogen and oxygen atoms in total. The van der Waals surface area contributed by atoms with E-state index in [1.165, 1.54) is 11.1 Å². The van der Waals surface area contributed by atoms with E-state index in [9.17, 15) is 4.79 Å². The molecule has 1 atom stereocenters. The maximum atomic E-state index is 12.3. The average molecular weight is 326 g/mol. The Morgan fingerprint density at radius 1 is 1.26 bits per heavy atom. The molecule has 120 valence electrons. The average Bonchev–Trinajstić information content (AvgIpc) is 2.88. The van der Waals surface area contributed by atoms with Crippen molar-refractivity contribution in [3.05, 3.63) is 53.9 Å². The van der Waals surface area contributed by atoms with Crippen molar-refractivity contribution < 1.29 is 4.79 Å². The Bertz CT molecular complexity index is 697. The highest BCUT2D eigenvalue weighted by atomic mass is 32.2. The second-order valence-corrected chi connectivity index (χ2v) is 7.50. The van der Waals surface area contributed by atoms with Gasteiger partial charge in [0, 0.05) is 24.5 Å². The minimum atomic E-state index is 0.0872. The van der Waals surface area contributed by atoms with Crippen LogP contribution < -0.4 is 0 Å². The van der Waals surface area contributed by atoms with Crippen LogP contribution in [-0.4, -0.2) is 28.1 Å². The monoisotopic (exact) mass is 326 g/mol. The lowest BCUT2D eigenvalue weighted by Crippen LogP contribution is -2.31. The summed E-state index contributed by atoms with van der Waals surface area (Å²) in [6.07, 6.45) is 3.74. The van der Waals surface area contributed by atoms with E-state index in [0.717, 1.165) is 17.7 Å². The summed E-state index contributed by atoms with van der Waals surface area (Å²) >= 11 is 1.71. The third-order valence-corrected chi connectivity index (χ3v) is 5.25. The van der Waals surface area contributed by atoms with Gasteiger partial charge in [0.1, 0.15) is 5.37 Å². The first-order valence-electron chi connectivity index (χ1n) is 7.98. The summed E-state index contributed by atoms with van der Waals surface area (Å²) in [6, 6.07) is 10.5.